The van der Waals surface area contributed by atoms with Crippen LogP contribution < -0.4 is 0 Å². The van der Waals surface area contributed by atoms with Gasteiger partial charge in [-0.05, 0) is 83.5 Å². The normalized spacial score (nSPS) is 12.4. The van der Waals surface area contributed by atoms with E-state index in [9.17, 15) is 14.4 Å². The number of allylic oxidation sites excluding steroid dienone is 10. The van der Waals surface area contributed by atoms with Crippen molar-refractivity contribution in [2.45, 2.75) is 354 Å². The lowest BCUT2D eigenvalue weighted by Gasteiger charge is -2.18. The van der Waals surface area contributed by atoms with Crippen LogP contribution in [0.1, 0.15) is 348 Å². The summed E-state index contributed by atoms with van der Waals surface area (Å²) >= 11 is 0. The third kappa shape index (κ3) is 62.0. The molecule has 0 aliphatic carbocycles. The van der Waals surface area contributed by atoms with E-state index >= 15 is 0 Å². The van der Waals surface area contributed by atoms with Crippen LogP contribution in [0.2, 0.25) is 0 Å². The van der Waals surface area contributed by atoms with E-state index in [1.807, 2.05) is 0 Å². The van der Waals surface area contributed by atoms with Gasteiger partial charge in [-0.15, -0.1) is 0 Å². The van der Waals surface area contributed by atoms with Gasteiger partial charge in [0, 0.05) is 19.3 Å². The van der Waals surface area contributed by atoms with Gasteiger partial charge in [0.25, 0.3) is 0 Å². The van der Waals surface area contributed by atoms with Crippen LogP contribution in [-0.2, 0) is 28.6 Å². The quantitative estimate of drug-likeness (QED) is 0.0261. The highest BCUT2D eigenvalue weighted by Crippen LogP contribution is 2.17. The Morgan fingerprint density at radius 1 is 0.263 bits per heavy atom. The number of ether oxygens (including phenoxy) is 3. The summed E-state index contributed by atoms with van der Waals surface area (Å²) in [5, 5.41) is 0. The lowest BCUT2D eigenvalue weighted by atomic mass is 10.0. The van der Waals surface area contributed by atoms with E-state index < -0.39 is 6.10 Å². The monoisotopic (exact) mass is 1060 g/mol. The Morgan fingerprint density at radius 2 is 0.487 bits per heavy atom. The maximum absolute atomic E-state index is 12.9. The Bertz CT molecular complexity index is 1360. The molecule has 1 unspecified atom stereocenters. The summed E-state index contributed by atoms with van der Waals surface area (Å²) in [6.45, 7) is 6.63. The van der Waals surface area contributed by atoms with Gasteiger partial charge in [0.1, 0.15) is 13.2 Å². The van der Waals surface area contributed by atoms with Gasteiger partial charge in [0.05, 0.1) is 0 Å². The average Bonchev–Trinajstić information content (AvgIpc) is 3.42. The Balaban J connectivity index is 4.31. The fraction of sp³-hybridized carbons (Fsp3) is 0.814. The molecule has 0 aromatic heterocycles. The minimum atomic E-state index is -0.781. The van der Waals surface area contributed by atoms with Crippen molar-refractivity contribution in [3.63, 3.8) is 0 Å². The molecule has 442 valence electrons. The fourth-order valence-electron chi connectivity index (χ4n) is 9.70. The molecule has 0 radical (unpaired) electrons. The topological polar surface area (TPSA) is 78.9 Å². The standard InChI is InChI=1S/C70H126O6/c1-4-7-10-13-16-19-22-25-28-30-32-33-34-35-36-37-39-40-42-45-48-51-54-57-60-63-69(72)75-66-67(65-74-68(71)62-59-56-53-50-47-44-27-24-21-18-15-12-9-6-3)76-70(73)64-61-58-55-52-49-46-43-41-38-31-29-26-23-20-17-14-11-8-5-2/h15,18,22,24-25,27,30,32,34-35,67H,4-14,16-17,19-21,23,26,28-29,31,33,36-66H2,1-3H3/b18-15-,25-22-,27-24-,32-30-,35-34-. The van der Waals surface area contributed by atoms with Gasteiger partial charge in [-0.25, -0.2) is 0 Å². The highest BCUT2D eigenvalue weighted by Gasteiger charge is 2.19. The summed E-state index contributed by atoms with van der Waals surface area (Å²) in [4.78, 5) is 38.3. The van der Waals surface area contributed by atoms with Crippen molar-refractivity contribution in [1.29, 1.82) is 0 Å². The summed E-state index contributed by atoms with van der Waals surface area (Å²) in [7, 11) is 0. The minimum absolute atomic E-state index is 0.0777. The first kappa shape index (κ1) is 73.1. The molecule has 0 bridgehead atoms. The second-order valence-electron chi connectivity index (χ2n) is 22.4. The molecule has 0 rings (SSSR count). The van der Waals surface area contributed by atoms with Gasteiger partial charge < -0.3 is 14.2 Å². The lowest BCUT2D eigenvalue weighted by molar-refractivity contribution is -0.167. The fourth-order valence-corrected chi connectivity index (χ4v) is 9.70. The molecule has 0 saturated carbocycles. The molecule has 6 heteroatoms. The second kappa shape index (κ2) is 64.6. The molecule has 0 heterocycles. The molecule has 0 N–H and O–H groups in total. The van der Waals surface area contributed by atoms with Gasteiger partial charge in [0.15, 0.2) is 6.10 Å². The molecule has 0 fully saturated rings. The third-order valence-corrected chi connectivity index (χ3v) is 14.7. The summed E-state index contributed by atoms with van der Waals surface area (Å²) in [5.41, 5.74) is 0. The van der Waals surface area contributed by atoms with E-state index in [-0.39, 0.29) is 31.1 Å². The number of carbonyl (C=O) groups excluding carboxylic acids is 3. The maximum atomic E-state index is 12.9. The Labute approximate surface area is 472 Å². The predicted molar refractivity (Wildman–Crippen MR) is 330 cm³/mol. The molecule has 0 saturated heterocycles. The first-order valence-electron chi connectivity index (χ1n) is 33.3. The molecule has 0 aromatic carbocycles. The molecule has 6 nitrogen and oxygen atoms in total. The van der Waals surface area contributed by atoms with Gasteiger partial charge in [-0.3, -0.25) is 14.4 Å². The van der Waals surface area contributed by atoms with Crippen LogP contribution in [0, 0.1) is 0 Å². The molecule has 0 aliphatic rings. The van der Waals surface area contributed by atoms with Crippen LogP contribution in [0.4, 0.5) is 0 Å². The zero-order valence-electron chi connectivity index (χ0n) is 50.8. The van der Waals surface area contributed by atoms with Crippen molar-refractivity contribution < 1.29 is 28.6 Å². The van der Waals surface area contributed by atoms with E-state index in [0.29, 0.717) is 19.3 Å². The summed E-state index contributed by atoms with van der Waals surface area (Å²) in [6.07, 6.45) is 82.3. The molecule has 1 atom stereocenters. The molecule has 0 aromatic rings. The van der Waals surface area contributed by atoms with E-state index in [4.69, 9.17) is 14.2 Å². The summed E-state index contributed by atoms with van der Waals surface area (Å²) in [5.74, 6) is -0.875. The van der Waals surface area contributed by atoms with E-state index in [1.165, 1.54) is 218 Å². The smallest absolute Gasteiger partial charge is 0.306 e. The largest absolute Gasteiger partial charge is 0.462 e. The van der Waals surface area contributed by atoms with Crippen molar-refractivity contribution >= 4 is 17.9 Å². The van der Waals surface area contributed by atoms with Crippen LogP contribution in [0.3, 0.4) is 0 Å². The van der Waals surface area contributed by atoms with Crippen LogP contribution in [0.5, 0.6) is 0 Å². The van der Waals surface area contributed by atoms with Gasteiger partial charge in [-0.1, -0.05) is 306 Å². The Morgan fingerprint density at radius 3 is 0.776 bits per heavy atom. The molecular weight excluding hydrogens is 937 g/mol. The Kier molecular flexibility index (Phi) is 62.2. The van der Waals surface area contributed by atoms with Crippen molar-refractivity contribution in [3.05, 3.63) is 60.8 Å². The van der Waals surface area contributed by atoms with Crippen LogP contribution in [0.15, 0.2) is 60.8 Å². The number of rotatable bonds is 61. The number of unbranched alkanes of at least 4 members (excludes halogenated alkanes) is 40. The molecule has 76 heavy (non-hydrogen) atoms. The minimum Gasteiger partial charge on any atom is -0.462 e. The summed E-state index contributed by atoms with van der Waals surface area (Å²) < 4.78 is 16.9. The second-order valence-corrected chi connectivity index (χ2v) is 22.4. The Hall–Kier alpha value is -2.89. The third-order valence-electron chi connectivity index (χ3n) is 14.7. The van der Waals surface area contributed by atoms with E-state index in [2.05, 4.69) is 81.5 Å². The predicted octanol–water partition coefficient (Wildman–Crippen LogP) is 22.7. The van der Waals surface area contributed by atoms with E-state index in [0.717, 1.165) is 89.9 Å². The van der Waals surface area contributed by atoms with Gasteiger partial charge >= 0.3 is 17.9 Å². The highest BCUT2D eigenvalue weighted by molar-refractivity contribution is 5.71. The van der Waals surface area contributed by atoms with Gasteiger partial charge in [-0.2, -0.15) is 0 Å². The van der Waals surface area contributed by atoms with Crippen molar-refractivity contribution in [2.75, 3.05) is 13.2 Å². The highest BCUT2D eigenvalue weighted by atomic mass is 16.6. The van der Waals surface area contributed by atoms with Crippen LogP contribution in [0.25, 0.3) is 0 Å². The number of hydrogen-bond acceptors (Lipinski definition) is 6. The number of carbonyl (C=O) groups is 3. The van der Waals surface area contributed by atoms with Crippen molar-refractivity contribution in [3.8, 4) is 0 Å². The average molecular weight is 1060 g/mol. The molecular formula is C70H126O6. The van der Waals surface area contributed by atoms with Crippen LogP contribution in [-0.4, -0.2) is 37.2 Å². The first-order chi connectivity index (χ1) is 37.5. The van der Waals surface area contributed by atoms with Crippen LogP contribution >= 0.6 is 0 Å². The van der Waals surface area contributed by atoms with E-state index in [1.54, 1.807) is 0 Å². The molecule has 0 aliphatic heterocycles. The molecule has 0 spiro atoms. The first-order valence-corrected chi connectivity index (χ1v) is 33.3. The van der Waals surface area contributed by atoms with Crippen molar-refractivity contribution in [1.82, 2.24) is 0 Å². The summed E-state index contributed by atoms with van der Waals surface area (Å²) in [6, 6.07) is 0. The zero-order chi connectivity index (χ0) is 55.0. The number of hydrogen-bond donors (Lipinski definition) is 0. The maximum Gasteiger partial charge on any atom is 0.306 e. The molecule has 0 amide bonds. The van der Waals surface area contributed by atoms with Crippen molar-refractivity contribution in [2.24, 2.45) is 0 Å². The number of esters is 3. The SMILES string of the molecule is CCCC/C=C\C/C=C\CCCCCCCC(=O)OCC(COC(=O)CCCCCCCCCCCC/C=C\C/C=C\C/C=C\CCCCCCC)OC(=O)CCCCCCCCCCCCCCCCCCCCC. The zero-order valence-corrected chi connectivity index (χ0v) is 50.8. The van der Waals surface area contributed by atoms with Gasteiger partial charge in [0.2, 0.25) is 0 Å². The lowest BCUT2D eigenvalue weighted by Crippen LogP contribution is -2.30.